The number of nitrogens with zero attached hydrogens (tertiary/aromatic N) is 2. The molecule has 0 aliphatic carbocycles. The van der Waals surface area contributed by atoms with Crippen molar-refractivity contribution in [2.24, 2.45) is 21.7 Å². The van der Waals surface area contributed by atoms with Gasteiger partial charge in [0, 0.05) is 11.4 Å². The van der Waals surface area contributed by atoms with Gasteiger partial charge < -0.3 is 16.9 Å². The van der Waals surface area contributed by atoms with Crippen molar-refractivity contribution in [1.29, 1.82) is 5.41 Å². The fourth-order valence-electron chi connectivity index (χ4n) is 0.214. The molecule has 0 aromatic rings. The largest absolute Gasteiger partial charge is 0.369 e. The lowest BCUT2D eigenvalue weighted by atomic mass is 10.3. The summed E-state index contributed by atoms with van der Waals surface area (Å²) in [6, 6.07) is 0. The third-order valence-corrected chi connectivity index (χ3v) is 1.38. The normalized spacial score (nSPS) is 9.20. The molecule has 5 N–H and O–H groups in total. The molecule has 5 nitrogen and oxygen atoms in total. The van der Waals surface area contributed by atoms with Gasteiger partial charge in [-0.2, -0.15) is 5.10 Å². The highest BCUT2D eigenvalue weighted by Gasteiger charge is 1.81. The first-order chi connectivity index (χ1) is 6.43. The lowest BCUT2D eigenvalue weighted by Gasteiger charge is -1.88. The summed E-state index contributed by atoms with van der Waals surface area (Å²) in [5.41, 5.74) is 11.7. The highest BCUT2D eigenvalue weighted by atomic mass is 35.5. The molecule has 0 aromatic carbocycles. The zero-order valence-electron chi connectivity index (χ0n) is 9.87. The zero-order valence-corrected chi connectivity index (χ0v) is 10.7. The Labute approximate surface area is 97.9 Å². The molecule has 6 heteroatoms. The van der Waals surface area contributed by atoms with E-state index in [1.807, 2.05) is 20.8 Å². The molecule has 0 bridgehead atoms. The molecule has 0 radical (unpaired) electrons. The van der Waals surface area contributed by atoms with Gasteiger partial charge >= 0.3 is 0 Å². The van der Waals surface area contributed by atoms with Crippen molar-refractivity contribution in [2.45, 2.75) is 40.5 Å². The Balaban J connectivity index is -0.000000208. The second-order valence-corrected chi connectivity index (χ2v) is 2.85. The molecule has 0 saturated heterocycles. The van der Waals surface area contributed by atoms with Gasteiger partial charge in [0.15, 0.2) is 0 Å². The van der Waals surface area contributed by atoms with Crippen LogP contribution in [0.15, 0.2) is 10.2 Å². The predicted molar refractivity (Wildman–Crippen MR) is 70.1 cm³/mol. The number of halogens is 1. The molecule has 0 unspecified atom stereocenters. The molecular formula is C9H22ClN5. The third kappa shape index (κ3) is 24.6. The molecular weight excluding hydrogens is 214 g/mol. The van der Waals surface area contributed by atoms with Crippen LogP contribution < -0.4 is 11.5 Å². The summed E-state index contributed by atoms with van der Waals surface area (Å²) >= 11 is 0. The van der Waals surface area contributed by atoms with Crippen LogP contribution in [-0.4, -0.2) is 17.4 Å². The molecule has 0 aliphatic rings. The van der Waals surface area contributed by atoms with Crippen LogP contribution in [0.4, 0.5) is 0 Å². The SMILES string of the molecule is CC/C(C)=N\N=C(N)N.CCC(C)=N.Cl. The maximum absolute atomic E-state index is 6.74. The Morgan fingerprint density at radius 1 is 1.07 bits per heavy atom. The van der Waals surface area contributed by atoms with E-state index in [1.165, 1.54) is 0 Å². The Kier molecular flexibility index (Phi) is 16.7. The molecule has 0 heterocycles. The van der Waals surface area contributed by atoms with E-state index in [0.29, 0.717) is 0 Å². The zero-order chi connectivity index (χ0) is 11.6. The molecule has 0 fully saturated rings. The summed E-state index contributed by atoms with van der Waals surface area (Å²) < 4.78 is 0. The second-order valence-electron chi connectivity index (χ2n) is 2.85. The molecule has 0 rings (SSSR count). The molecule has 0 aliphatic heterocycles. The van der Waals surface area contributed by atoms with Crippen molar-refractivity contribution in [3.63, 3.8) is 0 Å². The summed E-state index contributed by atoms with van der Waals surface area (Å²) in [5.74, 6) is 0.00259. The number of guanidine groups is 1. The fourth-order valence-corrected chi connectivity index (χ4v) is 0.214. The minimum atomic E-state index is 0. The maximum atomic E-state index is 6.74. The first kappa shape index (κ1) is 19.5. The quantitative estimate of drug-likeness (QED) is 0.395. The Morgan fingerprint density at radius 2 is 1.47 bits per heavy atom. The fraction of sp³-hybridized carbons (Fsp3) is 0.667. The van der Waals surface area contributed by atoms with Crippen molar-refractivity contribution in [2.75, 3.05) is 0 Å². The maximum Gasteiger partial charge on any atom is 0.211 e. The number of hydrogen-bond acceptors (Lipinski definition) is 3. The highest BCUT2D eigenvalue weighted by molar-refractivity contribution is 5.85. The molecule has 0 atom stereocenters. The van der Waals surface area contributed by atoms with E-state index in [-0.39, 0.29) is 18.4 Å². The first-order valence-electron chi connectivity index (χ1n) is 4.60. The van der Waals surface area contributed by atoms with Crippen LogP contribution >= 0.6 is 12.4 Å². The summed E-state index contributed by atoms with van der Waals surface area (Å²) in [7, 11) is 0. The van der Waals surface area contributed by atoms with Crippen LogP contribution in [0.1, 0.15) is 40.5 Å². The van der Waals surface area contributed by atoms with Gasteiger partial charge in [-0.3, -0.25) is 0 Å². The standard InChI is InChI=1S/C5H12N4.C4H9N.ClH/c1-3-4(2)8-9-5(6)7;1-3-4(2)5;/h3H2,1-2H3,(H4,6,7,9);5H,3H2,1-2H3;1H/b8-4-;;. The molecule has 0 spiro atoms. The van der Waals surface area contributed by atoms with Gasteiger partial charge in [-0.1, -0.05) is 13.8 Å². The van der Waals surface area contributed by atoms with E-state index in [0.717, 1.165) is 24.3 Å². The van der Waals surface area contributed by atoms with Gasteiger partial charge in [0.25, 0.3) is 0 Å². The van der Waals surface area contributed by atoms with Crippen LogP contribution in [0.25, 0.3) is 0 Å². The van der Waals surface area contributed by atoms with Crippen LogP contribution in [0.5, 0.6) is 0 Å². The molecule has 90 valence electrons. The van der Waals surface area contributed by atoms with E-state index in [4.69, 9.17) is 16.9 Å². The van der Waals surface area contributed by atoms with E-state index in [9.17, 15) is 0 Å². The Hall–Kier alpha value is -1.10. The van der Waals surface area contributed by atoms with E-state index in [2.05, 4.69) is 10.2 Å². The summed E-state index contributed by atoms with van der Waals surface area (Å²) in [5, 5.41) is 13.9. The molecule has 15 heavy (non-hydrogen) atoms. The second kappa shape index (κ2) is 12.9. The van der Waals surface area contributed by atoms with Crippen molar-refractivity contribution in [1.82, 2.24) is 0 Å². The number of rotatable bonds is 3. The van der Waals surface area contributed by atoms with E-state index in [1.54, 1.807) is 6.92 Å². The number of hydrogen-bond donors (Lipinski definition) is 3. The molecule has 0 saturated carbocycles. The summed E-state index contributed by atoms with van der Waals surface area (Å²) in [4.78, 5) is 0. The topological polar surface area (TPSA) is 101 Å². The van der Waals surface area contributed by atoms with Gasteiger partial charge in [0.1, 0.15) is 0 Å². The van der Waals surface area contributed by atoms with Gasteiger partial charge in [0.05, 0.1) is 0 Å². The van der Waals surface area contributed by atoms with Crippen LogP contribution in [0.3, 0.4) is 0 Å². The Morgan fingerprint density at radius 3 is 1.67 bits per heavy atom. The lowest BCUT2D eigenvalue weighted by molar-refractivity contribution is 1.14. The van der Waals surface area contributed by atoms with Crippen molar-refractivity contribution < 1.29 is 0 Å². The molecule has 0 aromatic heterocycles. The summed E-state index contributed by atoms with van der Waals surface area (Å²) in [6.45, 7) is 7.63. The van der Waals surface area contributed by atoms with Crippen molar-refractivity contribution in [3.05, 3.63) is 0 Å². The van der Waals surface area contributed by atoms with Gasteiger partial charge in [-0.25, -0.2) is 0 Å². The summed E-state index contributed by atoms with van der Waals surface area (Å²) in [6.07, 6.45) is 1.76. The van der Waals surface area contributed by atoms with Crippen LogP contribution in [-0.2, 0) is 0 Å². The van der Waals surface area contributed by atoms with Crippen LogP contribution in [0, 0.1) is 5.41 Å². The van der Waals surface area contributed by atoms with Gasteiger partial charge in [-0.05, 0) is 26.7 Å². The lowest BCUT2D eigenvalue weighted by Crippen LogP contribution is -2.22. The highest BCUT2D eigenvalue weighted by Crippen LogP contribution is 1.83. The number of nitrogens with two attached hydrogens (primary N) is 2. The monoisotopic (exact) mass is 235 g/mol. The van der Waals surface area contributed by atoms with Crippen molar-refractivity contribution >= 4 is 29.8 Å². The van der Waals surface area contributed by atoms with E-state index >= 15 is 0 Å². The predicted octanol–water partition coefficient (Wildman–Crippen LogP) is 1.90. The molecule has 0 amide bonds. The minimum absolute atomic E-state index is 0. The van der Waals surface area contributed by atoms with Crippen molar-refractivity contribution in [3.8, 4) is 0 Å². The van der Waals surface area contributed by atoms with E-state index < -0.39 is 0 Å². The average Bonchev–Trinajstić information content (AvgIpc) is 2.14. The Bertz CT molecular complexity index is 219. The van der Waals surface area contributed by atoms with Gasteiger partial charge in [0.2, 0.25) is 5.96 Å². The minimum Gasteiger partial charge on any atom is -0.369 e. The van der Waals surface area contributed by atoms with Gasteiger partial charge in [-0.15, -0.1) is 17.5 Å². The third-order valence-electron chi connectivity index (χ3n) is 1.38. The average molecular weight is 236 g/mol. The van der Waals surface area contributed by atoms with Crippen LogP contribution in [0.2, 0.25) is 0 Å². The number of nitrogens with one attached hydrogen (secondary N) is 1. The smallest absolute Gasteiger partial charge is 0.211 e. The first-order valence-corrected chi connectivity index (χ1v) is 4.60.